The van der Waals surface area contributed by atoms with Gasteiger partial charge in [-0.3, -0.25) is 19.4 Å². The summed E-state index contributed by atoms with van der Waals surface area (Å²) < 4.78 is 13.2. The first kappa shape index (κ1) is 33.6. The smallest absolute Gasteiger partial charge is 0.308 e. The van der Waals surface area contributed by atoms with Gasteiger partial charge in [-0.1, -0.05) is 51.1 Å². The highest BCUT2D eigenvalue weighted by atomic mass is 28.4. The summed E-state index contributed by atoms with van der Waals surface area (Å²) in [7, 11) is -0.942. The molecule has 3 aromatic rings. The van der Waals surface area contributed by atoms with Gasteiger partial charge in [0.2, 0.25) is 0 Å². The number of amides is 1. The van der Waals surface area contributed by atoms with Crippen molar-refractivity contribution in [3.8, 4) is 11.3 Å². The normalized spacial score (nSPS) is 12.9. The lowest BCUT2D eigenvalue weighted by Crippen LogP contribution is -2.44. The summed E-state index contributed by atoms with van der Waals surface area (Å²) in [4.78, 5) is 47.9. The summed E-state index contributed by atoms with van der Waals surface area (Å²) in [6.45, 7) is 14.8. The van der Waals surface area contributed by atoms with Crippen molar-refractivity contribution in [3.63, 3.8) is 0 Å². The zero-order chi connectivity index (χ0) is 31.8. The highest BCUT2D eigenvalue weighted by Gasteiger charge is 2.40. The molecule has 0 spiro atoms. The van der Waals surface area contributed by atoms with Crippen LogP contribution in [0.1, 0.15) is 75.4 Å². The van der Waals surface area contributed by atoms with Crippen LogP contribution in [0.15, 0.2) is 60.9 Å². The first-order chi connectivity index (χ1) is 20.2. The number of hydrogen-bond donors (Lipinski definition) is 1. The quantitative estimate of drug-likeness (QED) is 0.137. The van der Waals surface area contributed by atoms with Crippen molar-refractivity contribution in [2.24, 2.45) is 0 Å². The van der Waals surface area contributed by atoms with Gasteiger partial charge in [0, 0.05) is 37.0 Å². The van der Waals surface area contributed by atoms with E-state index in [4.69, 9.17) is 14.1 Å². The van der Waals surface area contributed by atoms with Crippen LogP contribution in [-0.4, -0.2) is 53.7 Å². The SMILES string of the molecule is COC(=O)CC(CC(=O)C=Cc1c(-c2cccnc2)nc(C(=O)NCc2ccccc2)n1C(C)C)O[Si](C)(C)C(C)(C)C. The fourth-order valence-corrected chi connectivity index (χ4v) is 5.70. The third-order valence-corrected chi connectivity index (χ3v) is 12.2. The Hall–Kier alpha value is -3.89. The molecule has 230 valence electrons. The largest absolute Gasteiger partial charge is 0.469 e. The number of ketones is 1. The summed E-state index contributed by atoms with van der Waals surface area (Å²) in [6.07, 6.45) is 5.89. The Kier molecular flexibility index (Phi) is 11.4. The van der Waals surface area contributed by atoms with Crippen LogP contribution in [0.5, 0.6) is 0 Å². The predicted octanol–water partition coefficient (Wildman–Crippen LogP) is 6.38. The maximum atomic E-state index is 13.4. The number of rotatable bonds is 13. The predicted molar refractivity (Wildman–Crippen MR) is 171 cm³/mol. The molecule has 0 saturated heterocycles. The topological polar surface area (TPSA) is 112 Å². The minimum absolute atomic E-state index is 0.0145. The Bertz CT molecular complexity index is 1430. The van der Waals surface area contributed by atoms with Gasteiger partial charge in [-0.25, -0.2) is 4.98 Å². The maximum Gasteiger partial charge on any atom is 0.308 e. The average molecular weight is 605 g/mol. The maximum absolute atomic E-state index is 13.4. The molecule has 43 heavy (non-hydrogen) atoms. The van der Waals surface area contributed by atoms with Crippen molar-refractivity contribution in [2.45, 2.75) is 84.3 Å². The van der Waals surface area contributed by atoms with Crippen LogP contribution >= 0.6 is 0 Å². The number of carbonyl (C=O) groups excluding carboxylic acids is 3. The lowest BCUT2D eigenvalue weighted by atomic mass is 10.1. The Morgan fingerprint density at radius 2 is 1.74 bits per heavy atom. The van der Waals surface area contributed by atoms with Gasteiger partial charge in [0.15, 0.2) is 19.9 Å². The number of pyridine rings is 1. The van der Waals surface area contributed by atoms with Crippen LogP contribution in [-0.2, 0) is 25.3 Å². The highest BCUT2D eigenvalue weighted by Crippen LogP contribution is 2.38. The molecule has 1 unspecified atom stereocenters. The Morgan fingerprint density at radius 3 is 2.33 bits per heavy atom. The summed E-state index contributed by atoms with van der Waals surface area (Å²) in [5.74, 6) is -0.726. The Morgan fingerprint density at radius 1 is 1.05 bits per heavy atom. The number of ether oxygens (including phenoxy) is 1. The van der Waals surface area contributed by atoms with Crippen LogP contribution in [0.3, 0.4) is 0 Å². The molecule has 0 bridgehead atoms. The van der Waals surface area contributed by atoms with Crippen molar-refractivity contribution < 1.29 is 23.5 Å². The first-order valence-electron chi connectivity index (χ1n) is 14.5. The number of nitrogens with zero attached hydrogens (tertiary/aromatic N) is 3. The Balaban J connectivity index is 1.95. The molecule has 1 N–H and O–H groups in total. The zero-order valence-electron chi connectivity index (χ0n) is 26.5. The van der Waals surface area contributed by atoms with Crippen molar-refractivity contribution in [3.05, 3.63) is 78.0 Å². The second-order valence-electron chi connectivity index (χ2n) is 12.3. The van der Waals surface area contributed by atoms with Crippen LogP contribution in [0.2, 0.25) is 18.1 Å². The standard InChI is InChI=1S/C33H44N4O5Si/c1-23(2)37-28(17-16-26(38)19-27(20-29(39)41-6)42-43(7,8)33(3,4)5)30(25-15-12-18-34-22-25)36-31(37)32(40)35-21-24-13-10-9-11-14-24/h9-18,22-23,27H,19-21H2,1-8H3,(H,35,40). The van der Waals surface area contributed by atoms with Gasteiger partial charge >= 0.3 is 5.97 Å². The first-order valence-corrected chi connectivity index (χ1v) is 17.4. The van der Waals surface area contributed by atoms with Crippen LogP contribution in [0.4, 0.5) is 0 Å². The second kappa shape index (κ2) is 14.5. The third-order valence-electron chi connectivity index (χ3n) is 7.64. The van der Waals surface area contributed by atoms with Crippen molar-refractivity contribution in [2.75, 3.05) is 7.11 Å². The van der Waals surface area contributed by atoms with E-state index in [1.165, 1.54) is 13.2 Å². The zero-order valence-corrected chi connectivity index (χ0v) is 27.5. The molecule has 0 radical (unpaired) electrons. The molecule has 0 saturated carbocycles. The highest BCUT2D eigenvalue weighted by molar-refractivity contribution is 6.74. The van der Waals surface area contributed by atoms with Gasteiger partial charge < -0.3 is 19.0 Å². The molecule has 2 aromatic heterocycles. The Labute approximate surface area is 255 Å². The summed E-state index contributed by atoms with van der Waals surface area (Å²) in [5.41, 5.74) is 2.84. The summed E-state index contributed by atoms with van der Waals surface area (Å²) in [5, 5.41) is 2.87. The molecular weight excluding hydrogens is 560 g/mol. The number of carbonyl (C=O) groups is 3. The lowest BCUT2D eigenvalue weighted by Gasteiger charge is -2.39. The van der Waals surface area contributed by atoms with E-state index in [1.807, 2.05) is 54.8 Å². The molecule has 1 amide bonds. The summed E-state index contributed by atoms with van der Waals surface area (Å²) >= 11 is 0. The average Bonchev–Trinajstić information content (AvgIpc) is 3.35. The van der Waals surface area contributed by atoms with Gasteiger partial charge in [-0.2, -0.15) is 0 Å². The van der Waals surface area contributed by atoms with Crippen LogP contribution < -0.4 is 5.32 Å². The number of allylic oxidation sites excluding steroid dienone is 1. The number of nitrogens with one attached hydrogen (secondary N) is 1. The molecule has 2 heterocycles. The molecule has 0 aliphatic heterocycles. The number of hydrogen-bond acceptors (Lipinski definition) is 7. The number of benzene rings is 1. The van der Waals surface area contributed by atoms with Crippen molar-refractivity contribution in [1.29, 1.82) is 0 Å². The van der Waals surface area contributed by atoms with Gasteiger partial charge in [-0.15, -0.1) is 0 Å². The lowest BCUT2D eigenvalue weighted by molar-refractivity contribution is -0.142. The third kappa shape index (κ3) is 9.05. The number of aromatic nitrogens is 3. The molecule has 3 rings (SSSR count). The van der Waals surface area contributed by atoms with E-state index >= 15 is 0 Å². The minimum atomic E-state index is -2.27. The van der Waals surface area contributed by atoms with Gasteiger partial charge in [0.1, 0.15) is 0 Å². The van der Waals surface area contributed by atoms with Crippen molar-refractivity contribution >= 4 is 32.1 Å². The molecular formula is C33H44N4O5Si. The molecule has 1 aromatic carbocycles. The van der Waals surface area contributed by atoms with E-state index in [2.05, 4.69) is 44.2 Å². The number of methoxy groups -OCH3 is 1. The van der Waals surface area contributed by atoms with E-state index in [0.29, 0.717) is 17.9 Å². The van der Waals surface area contributed by atoms with E-state index < -0.39 is 20.4 Å². The van der Waals surface area contributed by atoms with Crippen LogP contribution in [0, 0.1) is 0 Å². The van der Waals surface area contributed by atoms with E-state index in [9.17, 15) is 14.4 Å². The minimum Gasteiger partial charge on any atom is -0.469 e. The second-order valence-corrected chi connectivity index (χ2v) is 17.1. The van der Waals surface area contributed by atoms with Gasteiger partial charge in [-0.05, 0) is 61.8 Å². The van der Waals surface area contributed by atoms with E-state index in [0.717, 1.165) is 11.1 Å². The number of esters is 1. The fraction of sp³-hybridized carbons (Fsp3) is 0.424. The molecule has 1 atom stereocenters. The molecule has 9 nitrogen and oxygen atoms in total. The summed E-state index contributed by atoms with van der Waals surface area (Å²) in [6, 6.07) is 13.2. The van der Waals surface area contributed by atoms with E-state index in [-0.39, 0.29) is 41.4 Å². The number of imidazole rings is 1. The molecule has 0 aliphatic carbocycles. The van der Waals surface area contributed by atoms with Crippen LogP contribution in [0.25, 0.3) is 17.3 Å². The molecule has 0 fully saturated rings. The fourth-order valence-electron chi connectivity index (χ4n) is 4.34. The van der Waals surface area contributed by atoms with Gasteiger partial charge in [0.05, 0.1) is 31.0 Å². The monoisotopic (exact) mass is 604 g/mol. The van der Waals surface area contributed by atoms with E-state index in [1.54, 1.807) is 24.5 Å². The molecule has 10 heteroatoms. The van der Waals surface area contributed by atoms with Crippen molar-refractivity contribution in [1.82, 2.24) is 19.9 Å². The van der Waals surface area contributed by atoms with Gasteiger partial charge in [0.25, 0.3) is 5.91 Å². The molecule has 0 aliphatic rings.